The summed E-state index contributed by atoms with van der Waals surface area (Å²) in [5, 5.41) is 0.997. The van der Waals surface area contributed by atoms with Crippen molar-refractivity contribution >= 4 is 10.9 Å². The number of terminal acetylenes is 1. The normalized spacial score (nSPS) is 9.58. The van der Waals surface area contributed by atoms with Gasteiger partial charge in [-0.3, -0.25) is 0 Å². The zero-order chi connectivity index (χ0) is 8.39. The van der Waals surface area contributed by atoms with Crippen LogP contribution in [-0.4, -0.2) is 4.98 Å². The van der Waals surface area contributed by atoms with Crippen LogP contribution < -0.4 is 0 Å². The van der Waals surface area contributed by atoms with Crippen LogP contribution in [0, 0.1) is 18.4 Å². The molecule has 0 aliphatic heterocycles. The Balaban J connectivity index is 2.78. The Morgan fingerprint density at radius 1 is 1.33 bits per heavy atom. The molecule has 0 atom stereocenters. The molecule has 1 aromatic carbocycles. The maximum absolute atomic E-state index is 5.21. The minimum Gasteiger partial charge on any atom is -0.239 e. The van der Waals surface area contributed by atoms with E-state index < -0.39 is 0 Å². The number of benzene rings is 1. The molecule has 1 heteroatoms. The fourth-order valence-electron chi connectivity index (χ4n) is 1.08. The van der Waals surface area contributed by atoms with Crippen molar-refractivity contribution in [2.24, 2.45) is 0 Å². The van der Waals surface area contributed by atoms with Crippen LogP contribution in [0.25, 0.3) is 10.9 Å². The third-order valence-electron chi connectivity index (χ3n) is 1.66. The molecule has 0 spiro atoms. The molecule has 2 aromatic rings. The van der Waals surface area contributed by atoms with Gasteiger partial charge in [-0.05, 0) is 18.2 Å². The predicted molar refractivity (Wildman–Crippen MR) is 48.5 cm³/mol. The van der Waals surface area contributed by atoms with E-state index in [4.69, 9.17) is 6.42 Å². The number of rotatable bonds is 0. The number of hydrogen-bond acceptors (Lipinski definition) is 1. The summed E-state index contributed by atoms with van der Waals surface area (Å²) < 4.78 is 0. The smallest absolute Gasteiger partial charge is 0.114 e. The number of hydrogen-bond donors (Lipinski definition) is 0. The molecular weight excluding hydrogens is 146 g/mol. The zero-order valence-electron chi connectivity index (χ0n) is 6.41. The van der Waals surface area contributed by atoms with E-state index in [-0.39, 0.29) is 0 Å². The first-order chi connectivity index (χ1) is 5.90. The molecule has 55 valence electrons. The van der Waals surface area contributed by atoms with Gasteiger partial charge in [0.25, 0.3) is 0 Å². The van der Waals surface area contributed by atoms with Crippen molar-refractivity contribution < 1.29 is 0 Å². The van der Waals surface area contributed by atoms with Crippen molar-refractivity contribution in [2.45, 2.75) is 0 Å². The van der Waals surface area contributed by atoms with Crippen LogP contribution >= 0.6 is 0 Å². The van der Waals surface area contributed by atoms with Gasteiger partial charge in [0.2, 0.25) is 0 Å². The second-order valence-electron chi connectivity index (χ2n) is 2.45. The molecule has 1 heterocycles. The van der Waals surface area contributed by atoms with Crippen LogP contribution in [0.1, 0.15) is 5.69 Å². The first kappa shape index (κ1) is 6.87. The van der Waals surface area contributed by atoms with Gasteiger partial charge in [0.15, 0.2) is 0 Å². The topological polar surface area (TPSA) is 12.9 Å². The molecule has 0 aliphatic carbocycles. The summed E-state index contributed by atoms with van der Waals surface area (Å²) in [5.74, 6) is 2.48. The third-order valence-corrected chi connectivity index (χ3v) is 1.66. The number of fused-ring (bicyclic) bond motifs is 1. The number of para-hydroxylation sites is 1. The highest BCUT2D eigenvalue weighted by molar-refractivity contribution is 5.78. The van der Waals surface area contributed by atoms with Gasteiger partial charge < -0.3 is 0 Å². The van der Waals surface area contributed by atoms with E-state index in [2.05, 4.69) is 17.0 Å². The van der Waals surface area contributed by atoms with Crippen molar-refractivity contribution in [2.75, 3.05) is 0 Å². The summed E-state index contributed by atoms with van der Waals surface area (Å²) in [5.41, 5.74) is 1.53. The Morgan fingerprint density at radius 2 is 2.17 bits per heavy atom. The lowest BCUT2D eigenvalue weighted by molar-refractivity contribution is 1.36. The number of nitrogens with zero attached hydrogens (tertiary/aromatic N) is 1. The Hall–Kier alpha value is -1.81. The Bertz CT molecular complexity index is 452. The summed E-state index contributed by atoms with van der Waals surface area (Å²) in [6.07, 6.45) is 5.21. The molecule has 0 unspecified atom stereocenters. The van der Waals surface area contributed by atoms with Gasteiger partial charge in [-0.2, -0.15) is 0 Å². The van der Waals surface area contributed by atoms with E-state index in [1.807, 2.05) is 24.3 Å². The van der Waals surface area contributed by atoms with Gasteiger partial charge in [-0.25, -0.2) is 4.98 Å². The maximum atomic E-state index is 5.21. The maximum Gasteiger partial charge on any atom is 0.114 e. The number of aromatic nitrogens is 1. The minimum absolute atomic E-state index is 0.633. The summed E-state index contributed by atoms with van der Waals surface area (Å²) >= 11 is 0. The van der Waals surface area contributed by atoms with E-state index in [1.54, 1.807) is 6.07 Å². The fourth-order valence-corrected chi connectivity index (χ4v) is 1.08. The zero-order valence-corrected chi connectivity index (χ0v) is 6.41. The van der Waals surface area contributed by atoms with Crippen LogP contribution in [0.3, 0.4) is 0 Å². The molecule has 0 aliphatic rings. The standard InChI is InChI=1S/C11H6N/c1-2-10-8-7-9-5-3-4-6-11(9)12-10/h1,3-6,8H. The molecule has 0 bridgehead atoms. The molecule has 12 heavy (non-hydrogen) atoms. The monoisotopic (exact) mass is 152 g/mol. The van der Waals surface area contributed by atoms with Gasteiger partial charge in [-0.1, -0.05) is 24.1 Å². The first-order valence-electron chi connectivity index (χ1n) is 3.64. The van der Waals surface area contributed by atoms with Gasteiger partial charge in [0, 0.05) is 5.39 Å². The van der Waals surface area contributed by atoms with Gasteiger partial charge in [-0.15, -0.1) is 6.42 Å². The average Bonchev–Trinajstić information content (AvgIpc) is 2.17. The molecule has 1 aromatic heterocycles. The van der Waals surface area contributed by atoms with E-state index in [1.165, 1.54) is 0 Å². The SMILES string of the molecule is C#Cc1c[c]c2ccccc2n1. The van der Waals surface area contributed by atoms with E-state index >= 15 is 0 Å². The van der Waals surface area contributed by atoms with E-state index in [0.717, 1.165) is 10.9 Å². The molecular formula is C11H6N. The Labute approximate surface area is 71.1 Å². The highest BCUT2D eigenvalue weighted by Gasteiger charge is 1.93. The molecule has 2 rings (SSSR count). The second-order valence-corrected chi connectivity index (χ2v) is 2.45. The summed E-state index contributed by atoms with van der Waals surface area (Å²) in [6, 6.07) is 12.6. The van der Waals surface area contributed by atoms with Crippen molar-refractivity contribution in [3.63, 3.8) is 0 Å². The summed E-state index contributed by atoms with van der Waals surface area (Å²) in [4.78, 5) is 4.23. The summed E-state index contributed by atoms with van der Waals surface area (Å²) in [6.45, 7) is 0. The predicted octanol–water partition coefficient (Wildman–Crippen LogP) is 2.02. The Kier molecular flexibility index (Phi) is 1.53. The number of pyridine rings is 1. The quantitative estimate of drug-likeness (QED) is 0.526. The van der Waals surface area contributed by atoms with Crippen LogP contribution in [0.2, 0.25) is 0 Å². The van der Waals surface area contributed by atoms with Crippen LogP contribution in [0.5, 0.6) is 0 Å². The molecule has 1 nitrogen and oxygen atoms in total. The largest absolute Gasteiger partial charge is 0.239 e. The van der Waals surface area contributed by atoms with Crippen molar-refractivity contribution in [3.8, 4) is 12.3 Å². The summed E-state index contributed by atoms with van der Waals surface area (Å²) in [7, 11) is 0. The lowest BCUT2D eigenvalue weighted by Crippen LogP contribution is -1.82. The highest BCUT2D eigenvalue weighted by Crippen LogP contribution is 2.09. The minimum atomic E-state index is 0.633. The van der Waals surface area contributed by atoms with Crippen molar-refractivity contribution in [1.82, 2.24) is 4.98 Å². The first-order valence-corrected chi connectivity index (χ1v) is 3.64. The highest BCUT2D eigenvalue weighted by atomic mass is 14.7. The second kappa shape index (κ2) is 2.67. The van der Waals surface area contributed by atoms with Gasteiger partial charge >= 0.3 is 0 Å². The van der Waals surface area contributed by atoms with Gasteiger partial charge in [0.05, 0.1) is 5.52 Å². The molecule has 1 radical (unpaired) electrons. The van der Waals surface area contributed by atoms with Crippen LogP contribution in [0.4, 0.5) is 0 Å². The molecule has 0 saturated heterocycles. The molecule has 0 fully saturated rings. The molecule has 0 N–H and O–H groups in total. The van der Waals surface area contributed by atoms with Crippen molar-refractivity contribution in [3.05, 3.63) is 42.1 Å². The average molecular weight is 152 g/mol. The van der Waals surface area contributed by atoms with E-state index in [0.29, 0.717) is 5.69 Å². The van der Waals surface area contributed by atoms with E-state index in [9.17, 15) is 0 Å². The van der Waals surface area contributed by atoms with Crippen LogP contribution in [-0.2, 0) is 0 Å². The third kappa shape index (κ3) is 1.04. The molecule has 0 saturated carbocycles. The molecule has 0 amide bonds. The van der Waals surface area contributed by atoms with Gasteiger partial charge in [0.1, 0.15) is 5.69 Å². The fraction of sp³-hybridized carbons (Fsp3) is 0. The lowest BCUT2D eigenvalue weighted by atomic mass is 10.2. The Morgan fingerprint density at radius 3 is 3.00 bits per heavy atom. The lowest BCUT2D eigenvalue weighted by Gasteiger charge is -1.94. The van der Waals surface area contributed by atoms with Crippen molar-refractivity contribution in [1.29, 1.82) is 0 Å². The van der Waals surface area contributed by atoms with Crippen LogP contribution in [0.15, 0.2) is 30.3 Å².